The van der Waals surface area contributed by atoms with Gasteiger partial charge in [-0.25, -0.2) is 0 Å². The fourth-order valence-electron chi connectivity index (χ4n) is 3.82. The van der Waals surface area contributed by atoms with Crippen LogP contribution < -0.4 is 4.74 Å². The average Bonchev–Trinajstić information content (AvgIpc) is 3.13. The maximum Gasteiger partial charge on any atom is 0.573 e. The molecule has 0 bridgehead atoms. The maximum atomic E-state index is 12.1. The molecule has 2 nitrogen and oxygen atoms in total. The van der Waals surface area contributed by atoms with E-state index in [1.807, 2.05) is 0 Å². The van der Waals surface area contributed by atoms with Crippen molar-refractivity contribution in [2.24, 2.45) is 17.8 Å². The van der Waals surface area contributed by atoms with Gasteiger partial charge in [0.25, 0.3) is 0 Å². The Morgan fingerprint density at radius 1 is 1.10 bits per heavy atom. The van der Waals surface area contributed by atoms with Crippen LogP contribution in [0.3, 0.4) is 0 Å². The molecule has 2 aliphatic rings. The molecule has 2 aliphatic carbocycles. The highest BCUT2D eigenvalue weighted by Crippen LogP contribution is 2.57. The molecule has 0 aromatic heterocycles. The molecule has 21 heavy (non-hydrogen) atoms. The van der Waals surface area contributed by atoms with E-state index in [0.29, 0.717) is 24.2 Å². The van der Waals surface area contributed by atoms with Crippen LogP contribution in [0.5, 0.6) is 5.75 Å². The van der Waals surface area contributed by atoms with Crippen LogP contribution in [-0.2, 0) is 6.42 Å². The molecule has 0 heterocycles. The van der Waals surface area contributed by atoms with Gasteiger partial charge in [0.1, 0.15) is 5.75 Å². The number of hydrogen-bond donors (Lipinski definition) is 1. The Bertz CT molecular complexity index is 471. The summed E-state index contributed by atoms with van der Waals surface area (Å²) >= 11 is 0. The van der Waals surface area contributed by atoms with Gasteiger partial charge in [0.15, 0.2) is 0 Å². The summed E-state index contributed by atoms with van der Waals surface area (Å²) in [4.78, 5) is 0. The van der Waals surface area contributed by atoms with Crippen LogP contribution in [0.1, 0.15) is 31.2 Å². The number of benzene rings is 1. The number of aliphatic hydroxyl groups is 1. The molecule has 0 saturated heterocycles. The first-order valence-electron chi connectivity index (χ1n) is 7.47. The van der Waals surface area contributed by atoms with Gasteiger partial charge in [0, 0.05) is 0 Å². The minimum absolute atomic E-state index is 0.221. The summed E-state index contributed by atoms with van der Waals surface area (Å²) in [6.07, 6.45) is 0.402. The zero-order valence-corrected chi connectivity index (χ0v) is 11.6. The molecule has 1 aromatic carbocycles. The molecule has 3 atom stereocenters. The lowest BCUT2D eigenvalue weighted by Gasteiger charge is -2.12. The second-order valence-corrected chi connectivity index (χ2v) is 6.15. The number of ether oxygens (including phenoxy) is 1. The number of halogens is 3. The second kappa shape index (κ2) is 5.52. The molecular weight excluding hydrogens is 281 g/mol. The van der Waals surface area contributed by atoms with Crippen molar-refractivity contribution < 1.29 is 23.0 Å². The van der Waals surface area contributed by atoms with Gasteiger partial charge < -0.3 is 9.84 Å². The summed E-state index contributed by atoms with van der Waals surface area (Å²) in [5, 5.41) is 10.3. The van der Waals surface area contributed by atoms with Gasteiger partial charge in [-0.15, -0.1) is 13.2 Å². The number of rotatable bonds is 4. The highest BCUT2D eigenvalue weighted by molar-refractivity contribution is 5.28. The maximum absolute atomic E-state index is 12.1. The summed E-state index contributed by atoms with van der Waals surface area (Å²) in [6, 6.07) is 5.79. The van der Waals surface area contributed by atoms with E-state index >= 15 is 0 Å². The average molecular weight is 300 g/mol. The minimum Gasteiger partial charge on any atom is -0.406 e. The van der Waals surface area contributed by atoms with Crippen LogP contribution in [0.4, 0.5) is 13.2 Å². The molecule has 1 aromatic rings. The smallest absolute Gasteiger partial charge is 0.406 e. The predicted octanol–water partition coefficient (Wildman–Crippen LogP) is 3.92. The largest absolute Gasteiger partial charge is 0.573 e. The Labute approximate surface area is 121 Å². The molecule has 2 fully saturated rings. The molecule has 0 aliphatic heterocycles. The van der Waals surface area contributed by atoms with Crippen LogP contribution in [0, 0.1) is 17.8 Å². The SMILES string of the molecule is OC(Cc1ccc(OC(F)(F)F)cc1)C1C2CCCCC21. The second-order valence-electron chi connectivity index (χ2n) is 6.15. The van der Waals surface area contributed by atoms with E-state index in [1.54, 1.807) is 12.1 Å². The molecule has 0 radical (unpaired) electrons. The van der Waals surface area contributed by atoms with Crippen LogP contribution >= 0.6 is 0 Å². The van der Waals surface area contributed by atoms with Gasteiger partial charge >= 0.3 is 6.36 Å². The lowest BCUT2D eigenvalue weighted by Crippen LogP contribution is -2.17. The highest BCUT2D eigenvalue weighted by atomic mass is 19.4. The highest BCUT2D eigenvalue weighted by Gasteiger charge is 2.53. The van der Waals surface area contributed by atoms with E-state index in [2.05, 4.69) is 4.74 Å². The van der Waals surface area contributed by atoms with Crippen molar-refractivity contribution in [1.82, 2.24) is 0 Å². The molecule has 0 amide bonds. The number of hydrogen-bond acceptors (Lipinski definition) is 2. The van der Waals surface area contributed by atoms with E-state index in [-0.39, 0.29) is 11.9 Å². The van der Waals surface area contributed by atoms with Crippen molar-refractivity contribution in [3.63, 3.8) is 0 Å². The van der Waals surface area contributed by atoms with Gasteiger partial charge in [-0.1, -0.05) is 25.0 Å². The minimum atomic E-state index is -4.66. The van der Waals surface area contributed by atoms with Gasteiger partial charge in [0.2, 0.25) is 0 Å². The topological polar surface area (TPSA) is 29.5 Å². The van der Waals surface area contributed by atoms with E-state index < -0.39 is 6.36 Å². The number of alkyl halides is 3. The van der Waals surface area contributed by atoms with Crippen molar-refractivity contribution in [3.8, 4) is 5.75 Å². The quantitative estimate of drug-likeness (QED) is 0.913. The third-order valence-corrected chi connectivity index (χ3v) is 4.77. The summed E-state index contributed by atoms with van der Waals surface area (Å²) in [5.41, 5.74) is 0.848. The molecule has 2 saturated carbocycles. The molecule has 116 valence electrons. The fraction of sp³-hybridized carbons (Fsp3) is 0.625. The Balaban J connectivity index is 1.55. The number of fused-ring (bicyclic) bond motifs is 1. The van der Waals surface area contributed by atoms with E-state index in [0.717, 1.165) is 5.56 Å². The Morgan fingerprint density at radius 2 is 1.67 bits per heavy atom. The Kier molecular flexibility index (Phi) is 3.86. The molecule has 5 heteroatoms. The molecule has 1 N–H and O–H groups in total. The van der Waals surface area contributed by atoms with E-state index in [9.17, 15) is 18.3 Å². The van der Waals surface area contributed by atoms with Gasteiger partial charge in [-0.05, 0) is 54.7 Å². The predicted molar refractivity (Wildman–Crippen MR) is 71.8 cm³/mol. The molecule has 3 unspecified atom stereocenters. The first-order valence-corrected chi connectivity index (χ1v) is 7.47. The van der Waals surface area contributed by atoms with E-state index in [4.69, 9.17) is 0 Å². The summed E-state index contributed by atoms with van der Waals surface area (Å²) < 4.78 is 40.1. The third-order valence-electron chi connectivity index (χ3n) is 4.77. The zero-order valence-electron chi connectivity index (χ0n) is 11.6. The molecule has 0 spiro atoms. The fourth-order valence-corrected chi connectivity index (χ4v) is 3.82. The lowest BCUT2D eigenvalue weighted by molar-refractivity contribution is -0.274. The zero-order chi connectivity index (χ0) is 15.0. The Hall–Kier alpha value is -1.23. The van der Waals surface area contributed by atoms with Crippen molar-refractivity contribution in [2.45, 2.75) is 44.6 Å². The van der Waals surface area contributed by atoms with Gasteiger partial charge in [-0.3, -0.25) is 0 Å². The monoisotopic (exact) mass is 300 g/mol. The lowest BCUT2D eigenvalue weighted by atomic mass is 10.0. The summed E-state index contributed by atoms with van der Waals surface area (Å²) in [6.45, 7) is 0. The number of aliphatic hydroxyl groups excluding tert-OH is 1. The van der Waals surface area contributed by atoms with Crippen LogP contribution in [0.25, 0.3) is 0 Å². The Morgan fingerprint density at radius 3 is 2.19 bits per heavy atom. The van der Waals surface area contributed by atoms with Crippen LogP contribution in [0.15, 0.2) is 24.3 Å². The molecule has 3 rings (SSSR count). The third kappa shape index (κ3) is 3.51. The van der Waals surface area contributed by atoms with Crippen LogP contribution in [0.2, 0.25) is 0 Å². The van der Waals surface area contributed by atoms with E-state index in [1.165, 1.54) is 37.8 Å². The first-order chi connectivity index (χ1) is 9.94. The molecular formula is C16H19F3O2. The van der Waals surface area contributed by atoms with Gasteiger partial charge in [0.05, 0.1) is 6.10 Å². The summed E-state index contributed by atoms with van der Waals surface area (Å²) in [7, 11) is 0. The summed E-state index contributed by atoms with van der Waals surface area (Å²) in [5.74, 6) is 1.50. The van der Waals surface area contributed by atoms with Crippen molar-refractivity contribution in [3.05, 3.63) is 29.8 Å². The van der Waals surface area contributed by atoms with Gasteiger partial charge in [-0.2, -0.15) is 0 Å². The van der Waals surface area contributed by atoms with Crippen LogP contribution in [-0.4, -0.2) is 17.6 Å². The van der Waals surface area contributed by atoms with Crippen molar-refractivity contribution >= 4 is 0 Å². The van der Waals surface area contributed by atoms with Crippen molar-refractivity contribution in [1.29, 1.82) is 0 Å². The first kappa shape index (κ1) is 14.7. The normalized spacial score (nSPS) is 29.6. The standard InChI is InChI=1S/C16H19F3O2/c17-16(18,19)21-11-7-5-10(6-8-11)9-14(20)15-12-3-1-2-4-13(12)15/h5-8,12-15,20H,1-4,9H2. The van der Waals surface area contributed by atoms with Crippen molar-refractivity contribution in [2.75, 3.05) is 0 Å².